The van der Waals surface area contributed by atoms with Crippen LogP contribution in [-0.2, 0) is 10.0 Å². The fraction of sp³-hybridized carbons (Fsp3) is 0.238. The summed E-state index contributed by atoms with van der Waals surface area (Å²) in [7, 11) is -2.49. The predicted octanol–water partition coefficient (Wildman–Crippen LogP) is 3.07. The number of anilines is 1. The highest BCUT2D eigenvalue weighted by Gasteiger charge is 2.24. The molecule has 0 radical (unpaired) electrons. The second kappa shape index (κ2) is 9.63. The number of aryl methyl sites for hydroxylation is 2. The summed E-state index contributed by atoms with van der Waals surface area (Å²) in [5.74, 6) is 0.799. The van der Waals surface area contributed by atoms with Crippen LogP contribution in [0.25, 0.3) is 0 Å². The average molecular weight is 445 g/mol. The molecule has 0 aliphatic carbocycles. The zero-order valence-electron chi connectivity index (χ0n) is 17.3. The number of nitrogens with one attached hydrogen (secondary N) is 1. The van der Waals surface area contributed by atoms with Gasteiger partial charge in [-0.3, -0.25) is 4.72 Å². The highest BCUT2D eigenvalue weighted by molar-refractivity contribution is 7.92. The normalized spacial score (nSPS) is 11.1. The second-order valence-electron chi connectivity index (χ2n) is 6.50. The number of aliphatic hydroxyl groups excluding tert-OH is 1. The molecular formula is C21H23N3O6S. The number of nitrogens with zero attached hydrogens (tertiary/aromatic N) is 2. The van der Waals surface area contributed by atoms with Crippen LogP contribution < -0.4 is 18.9 Å². The lowest BCUT2D eigenvalue weighted by Crippen LogP contribution is -2.16. The van der Waals surface area contributed by atoms with E-state index >= 15 is 0 Å². The van der Waals surface area contributed by atoms with E-state index in [-0.39, 0.29) is 41.4 Å². The summed E-state index contributed by atoms with van der Waals surface area (Å²) in [6, 6.07) is 13.2. The molecule has 0 aliphatic heterocycles. The number of hydrogen-bond acceptors (Lipinski definition) is 8. The largest absolute Gasteiger partial charge is 0.493 e. The van der Waals surface area contributed by atoms with Crippen LogP contribution in [0, 0.1) is 13.8 Å². The van der Waals surface area contributed by atoms with Crippen molar-refractivity contribution in [3.63, 3.8) is 0 Å². The fourth-order valence-corrected chi connectivity index (χ4v) is 3.66. The highest BCUT2D eigenvalue weighted by Crippen LogP contribution is 2.40. The molecule has 31 heavy (non-hydrogen) atoms. The number of benzene rings is 2. The van der Waals surface area contributed by atoms with Gasteiger partial charge < -0.3 is 19.3 Å². The van der Waals surface area contributed by atoms with Crippen molar-refractivity contribution >= 4 is 15.8 Å². The van der Waals surface area contributed by atoms with Crippen molar-refractivity contribution in [1.82, 2.24) is 9.97 Å². The minimum atomic E-state index is -3.97. The van der Waals surface area contributed by atoms with E-state index in [0.29, 0.717) is 11.5 Å². The van der Waals surface area contributed by atoms with E-state index < -0.39 is 10.0 Å². The van der Waals surface area contributed by atoms with Crippen LogP contribution in [-0.4, -0.2) is 43.8 Å². The van der Waals surface area contributed by atoms with E-state index in [9.17, 15) is 8.42 Å². The Labute approximate surface area is 180 Å². The summed E-state index contributed by atoms with van der Waals surface area (Å²) in [6.07, 6.45) is 0. The maximum atomic E-state index is 12.9. The van der Waals surface area contributed by atoms with Gasteiger partial charge in [-0.2, -0.15) is 4.98 Å². The lowest BCUT2D eigenvalue weighted by Gasteiger charge is -2.17. The van der Waals surface area contributed by atoms with Gasteiger partial charge in [-0.25, -0.2) is 13.4 Å². The van der Waals surface area contributed by atoms with Gasteiger partial charge in [0.25, 0.3) is 15.9 Å². The van der Waals surface area contributed by atoms with Crippen LogP contribution in [0.15, 0.2) is 53.4 Å². The number of aliphatic hydroxyl groups is 1. The van der Waals surface area contributed by atoms with Crippen molar-refractivity contribution in [3.8, 4) is 23.1 Å². The molecule has 9 nitrogen and oxygen atoms in total. The maximum Gasteiger partial charge on any atom is 0.263 e. The van der Waals surface area contributed by atoms with Crippen LogP contribution in [0.1, 0.15) is 11.4 Å². The average Bonchev–Trinajstić information content (AvgIpc) is 2.74. The summed E-state index contributed by atoms with van der Waals surface area (Å²) in [5.41, 5.74) is 0.928. The van der Waals surface area contributed by atoms with Crippen molar-refractivity contribution in [2.24, 2.45) is 0 Å². The number of sulfonamides is 1. The van der Waals surface area contributed by atoms with Gasteiger partial charge in [-0.15, -0.1) is 0 Å². The topological polar surface area (TPSA) is 120 Å². The van der Waals surface area contributed by atoms with E-state index in [2.05, 4.69) is 14.7 Å². The van der Waals surface area contributed by atoms with Gasteiger partial charge in [-0.05, 0) is 38.1 Å². The third-order valence-corrected chi connectivity index (χ3v) is 5.47. The summed E-state index contributed by atoms with van der Waals surface area (Å²) < 4.78 is 45.1. The first-order valence-corrected chi connectivity index (χ1v) is 10.8. The quantitative estimate of drug-likeness (QED) is 0.516. The van der Waals surface area contributed by atoms with Crippen molar-refractivity contribution in [2.75, 3.05) is 25.0 Å². The second-order valence-corrected chi connectivity index (χ2v) is 8.18. The number of hydrogen-bond donors (Lipinski definition) is 2. The Morgan fingerprint density at radius 2 is 1.68 bits per heavy atom. The third kappa shape index (κ3) is 5.41. The molecule has 0 saturated carbocycles. The minimum absolute atomic E-state index is 0.0194. The van der Waals surface area contributed by atoms with Crippen LogP contribution >= 0.6 is 0 Å². The van der Waals surface area contributed by atoms with Gasteiger partial charge in [0.2, 0.25) is 5.75 Å². The standard InChI is InChI=1S/C21H23N3O6S/c1-14-8-10-16(11-9-14)31(26,27)24-20-19(21(29-13-12-25)23-15(2)22-20)30-18-7-5-4-6-17(18)28-3/h4-11,25H,12-13H2,1-3H3,(H,22,23,24). The number of aromatic nitrogens is 2. The van der Waals surface area contributed by atoms with Crippen molar-refractivity contribution in [3.05, 3.63) is 59.9 Å². The van der Waals surface area contributed by atoms with Crippen molar-refractivity contribution in [1.29, 1.82) is 0 Å². The van der Waals surface area contributed by atoms with E-state index in [1.54, 1.807) is 43.3 Å². The minimum Gasteiger partial charge on any atom is -0.493 e. The van der Waals surface area contributed by atoms with Gasteiger partial charge in [-0.1, -0.05) is 29.8 Å². The molecule has 0 unspecified atom stereocenters. The van der Waals surface area contributed by atoms with Gasteiger partial charge in [0, 0.05) is 0 Å². The molecule has 0 amide bonds. The number of rotatable bonds is 9. The molecule has 1 heterocycles. The molecule has 0 aliphatic rings. The van der Waals surface area contributed by atoms with Crippen molar-refractivity contribution < 1.29 is 27.7 Å². The number of ether oxygens (including phenoxy) is 3. The van der Waals surface area contributed by atoms with Crippen molar-refractivity contribution in [2.45, 2.75) is 18.7 Å². The Hall–Kier alpha value is -3.37. The summed E-state index contributed by atoms with van der Waals surface area (Å²) >= 11 is 0. The van der Waals surface area contributed by atoms with Crippen LogP contribution in [0.3, 0.4) is 0 Å². The molecule has 1 aromatic heterocycles. The predicted molar refractivity (Wildman–Crippen MR) is 114 cm³/mol. The molecule has 164 valence electrons. The smallest absolute Gasteiger partial charge is 0.263 e. The summed E-state index contributed by atoms with van der Waals surface area (Å²) in [6.45, 7) is 3.12. The van der Waals surface area contributed by atoms with E-state index in [1.165, 1.54) is 19.2 Å². The van der Waals surface area contributed by atoms with Crippen LogP contribution in [0.2, 0.25) is 0 Å². The maximum absolute atomic E-state index is 12.9. The summed E-state index contributed by atoms with van der Waals surface area (Å²) in [5, 5.41) is 9.15. The highest BCUT2D eigenvalue weighted by atomic mass is 32.2. The molecule has 3 rings (SSSR count). The first kappa shape index (κ1) is 22.3. The van der Waals surface area contributed by atoms with Gasteiger partial charge in [0.05, 0.1) is 18.6 Å². The molecule has 0 spiro atoms. The Morgan fingerprint density at radius 1 is 1.00 bits per heavy atom. The molecule has 2 N–H and O–H groups in total. The van der Waals surface area contributed by atoms with Gasteiger partial charge in [0.1, 0.15) is 12.4 Å². The van der Waals surface area contributed by atoms with E-state index in [4.69, 9.17) is 19.3 Å². The Morgan fingerprint density at radius 3 is 2.32 bits per heavy atom. The lowest BCUT2D eigenvalue weighted by atomic mass is 10.2. The molecule has 0 atom stereocenters. The fourth-order valence-electron chi connectivity index (χ4n) is 2.65. The van der Waals surface area contributed by atoms with Gasteiger partial charge >= 0.3 is 0 Å². The van der Waals surface area contributed by atoms with Gasteiger partial charge in [0.15, 0.2) is 17.3 Å². The third-order valence-electron chi connectivity index (χ3n) is 4.12. The SMILES string of the molecule is COc1ccccc1Oc1c(NS(=O)(=O)c2ccc(C)cc2)nc(C)nc1OCCO. The Balaban J connectivity index is 2.07. The molecule has 0 bridgehead atoms. The number of methoxy groups -OCH3 is 1. The molecule has 3 aromatic rings. The zero-order chi connectivity index (χ0) is 22.4. The summed E-state index contributed by atoms with van der Waals surface area (Å²) in [4.78, 5) is 8.47. The van der Waals surface area contributed by atoms with E-state index in [1.807, 2.05) is 6.92 Å². The zero-order valence-corrected chi connectivity index (χ0v) is 18.1. The first-order chi connectivity index (χ1) is 14.8. The molecule has 2 aromatic carbocycles. The van der Waals surface area contributed by atoms with E-state index in [0.717, 1.165) is 5.56 Å². The monoisotopic (exact) mass is 445 g/mol. The number of para-hydroxylation sites is 2. The lowest BCUT2D eigenvalue weighted by molar-refractivity contribution is 0.192. The Kier molecular flexibility index (Phi) is 6.93. The Bertz CT molecular complexity index is 1150. The van der Waals surface area contributed by atoms with Crippen LogP contribution in [0.4, 0.5) is 5.82 Å². The molecule has 0 saturated heterocycles. The molecular weight excluding hydrogens is 422 g/mol. The molecule has 10 heteroatoms. The molecule has 0 fully saturated rings. The van der Waals surface area contributed by atoms with Crippen LogP contribution in [0.5, 0.6) is 23.1 Å². The first-order valence-electron chi connectivity index (χ1n) is 9.36.